The van der Waals surface area contributed by atoms with Gasteiger partial charge in [-0.1, -0.05) is 5.16 Å². The third kappa shape index (κ3) is 2.47. The normalized spacial score (nSPS) is 25.3. The molecule has 0 spiro atoms. The third-order valence-corrected chi connectivity index (χ3v) is 5.33. The van der Waals surface area contributed by atoms with E-state index in [-0.39, 0.29) is 6.04 Å². The highest BCUT2D eigenvalue weighted by Gasteiger charge is 2.35. The number of hydrogen-bond acceptors (Lipinski definition) is 6. The van der Waals surface area contributed by atoms with Gasteiger partial charge in [-0.25, -0.2) is 0 Å². The highest BCUT2D eigenvalue weighted by atomic mass is 16.5. The second-order valence-corrected chi connectivity index (χ2v) is 7.20. The first kappa shape index (κ1) is 13.7. The van der Waals surface area contributed by atoms with Crippen LogP contribution in [-0.4, -0.2) is 36.3 Å². The smallest absolute Gasteiger partial charge is 0.229 e. The highest BCUT2D eigenvalue weighted by molar-refractivity contribution is 5.09. The van der Waals surface area contributed by atoms with Crippen molar-refractivity contribution in [3.63, 3.8) is 0 Å². The lowest BCUT2D eigenvalue weighted by molar-refractivity contribution is 0.226. The molecule has 1 atom stereocenters. The molecule has 2 aromatic rings. The van der Waals surface area contributed by atoms with Crippen molar-refractivity contribution in [2.45, 2.75) is 62.9 Å². The Balaban J connectivity index is 1.34. The van der Waals surface area contributed by atoms with Gasteiger partial charge < -0.3 is 9.09 Å². The summed E-state index contributed by atoms with van der Waals surface area (Å²) >= 11 is 0. The Morgan fingerprint density at radius 3 is 2.70 bits per heavy atom. The monoisotopic (exact) mass is 314 g/mol. The zero-order valence-corrected chi connectivity index (χ0v) is 13.5. The van der Waals surface area contributed by atoms with Gasteiger partial charge in [-0.05, 0) is 45.1 Å². The molecule has 1 unspecified atom stereocenters. The summed E-state index contributed by atoms with van der Waals surface area (Å²) in [7, 11) is 2.09. The molecule has 23 heavy (non-hydrogen) atoms. The molecular formula is C16H22N6O. The van der Waals surface area contributed by atoms with E-state index >= 15 is 0 Å². The maximum Gasteiger partial charge on any atom is 0.229 e. The molecule has 2 aliphatic carbocycles. The predicted octanol–water partition coefficient (Wildman–Crippen LogP) is 2.29. The summed E-state index contributed by atoms with van der Waals surface area (Å²) in [6.07, 6.45) is 7.16. The molecular weight excluding hydrogens is 292 g/mol. The van der Waals surface area contributed by atoms with Crippen LogP contribution in [-0.2, 0) is 13.6 Å². The van der Waals surface area contributed by atoms with Crippen molar-refractivity contribution in [3.8, 4) is 0 Å². The van der Waals surface area contributed by atoms with Crippen LogP contribution >= 0.6 is 0 Å². The first-order chi connectivity index (χ1) is 11.3. The summed E-state index contributed by atoms with van der Waals surface area (Å²) < 4.78 is 7.63. The molecule has 1 aliphatic heterocycles. The van der Waals surface area contributed by atoms with E-state index in [9.17, 15) is 0 Å². The molecule has 0 bridgehead atoms. The van der Waals surface area contributed by atoms with E-state index in [2.05, 4.69) is 36.9 Å². The summed E-state index contributed by atoms with van der Waals surface area (Å²) in [4.78, 5) is 7.07. The highest BCUT2D eigenvalue weighted by Crippen LogP contribution is 2.41. The van der Waals surface area contributed by atoms with Crippen molar-refractivity contribution in [2.75, 3.05) is 6.54 Å². The van der Waals surface area contributed by atoms with Gasteiger partial charge in [-0.15, -0.1) is 10.2 Å². The SMILES string of the molecule is Cn1c(CN2CCCC2c2noc(C3CC3)n2)nnc1C1CC1. The zero-order valence-electron chi connectivity index (χ0n) is 13.5. The molecule has 122 valence electrons. The summed E-state index contributed by atoms with van der Waals surface area (Å²) in [5.74, 6) is 5.03. The number of aromatic nitrogens is 5. The lowest BCUT2D eigenvalue weighted by Crippen LogP contribution is -2.25. The Hall–Kier alpha value is -1.76. The summed E-state index contributed by atoms with van der Waals surface area (Å²) in [5, 5.41) is 13.1. The largest absolute Gasteiger partial charge is 0.339 e. The molecule has 5 rings (SSSR count). The Kier molecular flexibility index (Phi) is 3.04. The number of likely N-dealkylation sites (tertiary alicyclic amines) is 1. The van der Waals surface area contributed by atoms with Gasteiger partial charge in [0, 0.05) is 18.9 Å². The topological polar surface area (TPSA) is 72.9 Å². The fraction of sp³-hybridized carbons (Fsp3) is 0.750. The van der Waals surface area contributed by atoms with Gasteiger partial charge in [0.25, 0.3) is 0 Å². The van der Waals surface area contributed by atoms with Gasteiger partial charge in [0.2, 0.25) is 5.89 Å². The van der Waals surface area contributed by atoms with Crippen LogP contribution in [0.5, 0.6) is 0 Å². The Morgan fingerprint density at radius 1 is 1.09 bits per heavy atom. The number of hydrogen-bond donors (Lipinski definition) is 0. The lowest BCUT2D eigenvalue weighted by atomic mass is 10.2. The standard InChI is InChI=1S/C16H22N6O/c1-21-13(18-19-15(21)10-4-5-10)9-22-8-2-3-12(22)14-17-16(23-20-14)11-6-7-11/h10-12H,2-9H2,1H3. The van der Waals surface area contributed by atoms with Crippen LogP contribution in [0.2, 0.25) is 0 Å². The minimum atomic E-state index is 0.257. The molecule has 7 heteroatoms. The molecule has 0 amide bonds. The first-order valence-corrected chi connectivity index (χ1v) is 8.75. The Labute approximate surface area is 135 Å². The summed E-state index contributed by atoms with van der Waals surface area (Å²) in [6.45, 7) is 1.87. The summed E-state index contributed by atoms with van der Waals surface area (Å²) in [5.41, 5.74) is 0. The predicted molar refractivity (Wildman–Crippen MR) is 81.6 cm³/mol. The van der Waals surface area contributed by atoms with Gasteiger partial charge in [-0.3, -0.25) is 4.90 Å². The molecule has 7 nitrogen and oxygen atoms in total. The van der Waals surface area contributed by atoms with Gasteiger partial charge in [0.15, 0.2) is 5.82 Å². The van der Waals surface area contributed by atoms with E-state index < -0.39 is 0 Å². The van der Waals surface area contributed by atoms with E-state index in [0.29, 0.717) is 11.8 Å². The second kappa shape index (κ2) is 5.12. The van der Waals surface area contributed by atoms with Gasteiger partial charge in [-0.2, -0.15) is 4.98 Å². The first-order valence-electron chi connectivity index (χ1n) is 8.75. The van der Waals surface area contributed by atoms with Crippen molar-refractivity contribution in [1.29, 1.82) is 0 Å². The molecule has 2 aromatic heterocycles. The average molecular weight is 314 g/mol. The van der Waals surface area contributed by atoms with Gasteiger partial charge in [0.05, 0.1) is 12.6 Å². The fourth-order valence-corrected chi connectivity index (χ4v) is 3.58. The lowest BCUT2D eigenvalue weighted by Gasteiger charge is -2.21. The van der Waals surface area contributed by atoms with Crippen LogP contribution in [0.3, 0.4) is 0 Å². The molecule has 2 saturated carbocycles. The van der Waals surface area contributed by atoms with Crippen LogP contribution in [0.15, 0.2) is 4.52 Å². The maximum atomic E-state index is 5.45. The van der Waals surface area contributed by atoms with E-state index in [1.807, 2.05) is 0 Å². The van der Waals surface area contributed by atoms with Gasteiger partial charge >= 0.3 is 0 Å². The quantitative estimate of drug-likeness (QED) is 0.843. The summed E-state index contributed by atoms with van der Waals surface area (Å²) in [6, 6.07) is 0.257. The van der Waals surface area contributed by atoms with Crippen LogP contribution < -0.4 is 0 Å². The van der Waals surface area contributed by atoms with Crippen LogP contribution in [0.4, 0.5) is 0 Å². The molecule has 3 aliphatic rings. The van der Waals surface area contributed by atoms with Crippen molar-refractivity contribution < 1.29 is 4.52 Å². The van der Waals surface area contributed by atoms with Crippen molar-refractivity contribution >= 4 is 0 Å². The fourth-order valence-electron chi connectivity index (χ4n) is 3.58. The molecule has 3 fully saturated rings. The number of rotatable bonds is 5. The minimum Gasteiger partial charge on any atom is -0.339 e. The Bertz CT molecular complexity index is 714. The third-order valence-electron chi connectivity index (χ3n) is 5.33. The van der Waals surface area contributed by atoms with Crippen LogP contribution in [0, 0.1) is 0 Å². The minimum absolute atomic E-state index is 0.257. The molecule has 0 radical (unpaired) electrons. The van der Waals surface area contributed by atoms with E-state index in [1.54, 1.807) is 0 Å². The molecule has 3 heterocycles. The van der Waals surface area contributed by atoms with Gasteiger partial charge in [0.1, 0.15) is 11.6 Å². The second-order valence-electron chi connectivity index (χ2n) is 7.20. The molecule has 1 saturated heterocycles. The average Bonchev–Trinajstić information content (AvgIpc) is 3.45. The van der Waals surface area contributed by atoms with Crippen molar-refractivity contribution in [1.82, 2.24) is 29.8 Å². The zero-order chi connectivity index (χ0) is 15.4. The van der Waals surface area contributed by atoms with Crippen LogP contribution in [0.25, 0.3) is 0 Å². The Morgan fingerprint density at radius 2 is 1.91 bits per heavy atom. The van der Waals surface area contributed by atoms with E-state index in [1.165, 1.54) is 32.1 Å². The maximum absolute atomic E-state index is 5.45. The number of nitrogens with zero attached hydrogens (tertiary/aromatic N) is 6. The van der Waals surface area contributed by atoms with E-state index in [4.69, 9.17) is 4.52 Å². The van der Waals surface area contributed by atoms with Crippen molar-refractivity contribution in [2.24, 2.45) is 7.05 Å². The molecule has 0 aromatic carbocycles. The molecule has 0 N–H and O–H groups in total. The van der Waals surface area contributed by atoms with Crippen LogP contribution in [0.1, 0.15) is 79.8 Å². The van der Waals surface area contributed by atoms with Crippen molar-refractivity contribution in [3.05, 3.63) is 23.4 Å². The van der Waals surface area contributed by atoms with E-state index in [0.717, 1.165) is 42.9 Å².